The molecule has 2 N–H and O–H groups in total. The minimum absolute atomic E-state index is 0.178. The molecule has 0 aromatic heterocycles. The molecular formula is C23H31N. The van der Waals surface area contributed by atoms with E-state index in [0.717, 1.165) is 25.0 Å². The molecule has 1 atom stereocenters. The first kappa shape index (κ1) is 19.8. The lowest BCUT2D eigenvalue weighted by Gasteiger charge is -2.19. The molecule has 2 rings (SSSR count). The van der Waals surface area contributed by atoms with Gasteiger partial charge in [-0.3, -0.25) is 0 Å². The van der Waals surface area contributed by atoms with Crippen LogP contribution in [0.25, 0.3) is 0 Å². The number of allylic oxidation sites excluding steroid dienone is 7. The summed E-state index contributed by atoms with van der Waals surface area (Å²) in [6.45, 7) is 14.3. The van der Waals surface area contributed by atoms with Gasteiger partial charge in [-0.2, -0.15) is 0 Å². The van der Waals surface area contributed by atoms with Crippen LogP contribution in [0, 0.1) is 5.92 Å². The Kier molecular flexibility index (Phi) is 8.64. The summed E-state index contributed by atoms with van der Waals surface area (Å²) in [5, 5.41) is 0. The summed E-state index contributed by atoms with van der Waals surface area (Å²) in [5.41, 5.74) is 11.8. The van der Waals surface area contributed by atoms with Crippen LogP contribution in [0.3, 0.4) is 0 Å². The van der Waals surface area contributed by atoms with Crippen LogP contribution in [-0.2, 0) is 6.42 Å². The van der Waals surface area contributed by atoms with Gasteiger partial charge in [-0.15, -0.1) is 0 Å². The molecule has 1 unspecified atom stereocenters. The standard InChI is InChI=1S/C21H25N.C2H6/c1-4-16(2)19-11-8-12-20(14-13-19)21(17(3)22)15-18-9-6-5-7-10-18;1-2/h5-11,13-14,21H,2-4,12,15,22H2,1H3;1-2H3. The first-order chi connectivity index (χ1) is 11.6. The van der Waals surface area contributed by atoms with Crippen molar-refractivity contribution < 1.29 is 0 Å². The zero-order chi connectivity index (χ0) is 17.9. The van der Waals surface area contributed by atoms with Gasteiger partial charge in [0.15, 0.2) is 0 Å². The molecule has 1 heteroatoms. The molecule has 1 aromatic carbocycles. The van der Waals surface area contributed by atoms with Crippen molar-refractivity contribution in [3.63, 3.8) is 0 Å². The number of nitrogens with two attached hydrogens (primary N) is 1. The van der Waals surface area contributed by atoms with Crippen LogP contribution < -0.4 is 5.73 Å². The lowest BCUT2D eigenvalue weighted by atomic mass is 9.87. The second-order valence-electron chi connectivity index (χ2n) is 5.74. The molecule has 0 fully saturated rings. The van der Waals surface area contributed by atoms with E-state index in [-0.39, 0.29) is 5.92 Å². The van der Waals surface area contributed by atoms with Crippen molar-refractivity contribution in [2.45, 2.75) is 40.0 Å². The fraction of sp³-hybridized carbons (Fsp3) is 0.304. The Bertz CT molecular complexity index is 629. The third-order valence-corrected chi connectivity index (χ3v) is 4.14. The van der Waals surface area contributed by atoms with E-state index in [2.05, 4.69) is 68.7 Å². The topological polar surface area (TPSA) is 26.0 Å². The van der Waals surface area contributed by atoms with Crippen molar-refractivity contribution in [3.05, 3.63) is 95.8 Å². The Morgan fingerprint density at radius 3 is 2.38 bits per heavy atom. The normalized spacial score (nSPS) is 14.5. The van der Waals surface area contributed by atoms with Crippen molar-refractivity contribution in [1.29, 1.82) is 0 Å². The predicted octanol–water partition coefficient (Wildman–Crippen LogP) is 6.12. The monoisotopic (exact) mass is 321 g/mol. The summed E-state index contributed by atoms with van der Waals surface area (Å²) in [5.74, 6) is 0.178. The molecule has 0 radical (unpaired) electrons. The van der Waals surface area contributed by atoms with Crippen molar-refractivity contribution in [2.24, 2.45) is 11.7 Å². The Morgan fingerprint density at radius 1 is 1.12 bits per heavy atom. The van der Waals surface area contributed by atoms with Gasteiger partial charge in [0.1, 0.15) is 0 Å². The number of hydrogen-bond donors (Lipinski definition) is 1. The molecule has 0 heterocycles. The molecule has 0 aliphatic heterocycles. The lowest BCUT2D eigenvalue weighted by molar-refractivity contribution is 0.686. The molecule has 0 bridgehead atoms. The van der Waals surface area contributed by atoms with Gasteiger partial charge in [-0.05, 0) is 36.0 Å². The maximum absolute atomic E-state index is 6.09. The quantitative estimate of drug-likeness (QED) is 0.671. The second-order valence-corrected chi connectivity index (χ2v) is 5.74. The first-order valence-corrected chi connectivity index (χ1v) is 8.85. The average molecular weight is 322 g/mol. The average Bonchev–Trinajstić information content (AvgIpc) is 2.87. The van der Waals surface area contributed by atoms with Gasteiger partial charge in [0.2, 0.25) is 0 Å². The third kappa shape index (κ3) is 5.73. The van der Waals surface area contributed by atoms with E-state index in [1.165, 1.54) is 22.3 Å². The maximum Gasteiger partial charge on any atom is 0.0235 e. The fourth-order valence-electron chi connectivity index (χ4n) is 2.69. The van der Waals surface area contributed by atoms with Gasteiger partial charge in [0.25, 0.3) is 0 Å². The van der Waals surface area contributed by atoms with E-state index in [4.69, 9.17) is 5.73 Å². The van der Waals surface area contributed by atoms with Gasteiger partial charge < -0.3 is 5.73 Å². The highest BCUT2D eigenvalue weighted by molar-refractivity contribution is 5.44. The molecule has 0 amide bonds. The lowest BCUT2D eigenvalue weighted by Crippen LogP contribution is -2.16. The summed E-state index contributed by atoms with van der Waals surface area (Å²) in [6, 6.07) is 10.5. The van der Waals surface area contributed by atoms with Gasteiger partial charge in [-0.1, -0.05) is 94.1 Å². The zero-order valence-electron chi connectivity index (χ0n) is 15.4. The van der Waals surface area contributed by atoms with Crippen LogP contribution in [0.2, 0.25) is 0 Å². The minimum Gasteiger partial charge on any atom is -0.402 e. The second kappa shape index (κ2) is 10.5. The molecule has 0 saturated carbocycles. The number of hydrogen-bond acceptors (Lipinski definition) is 1. The Labute approximate surface area is 148 Å². The van der Waals surface area contributed by atoms with Crippen LogP contribution >= 0.6 is 0 Å². The SMILES string of the molecule is C=C(CC)C1=CC=C(C(Cc2ccccc2)C(=C)N)CC=C1.CC. The van der Waals surface area contributed by atoms with Crippen molar-refractivity contribution in [3.8, 4) is 0 Å². The van der Waals surface area contributed by atoms with Crippen LogP contribution in [-0.4, -0.2) is 0 Å². The summed E-state index contributed by atoms with van der Waals surface area (Å²) >= 11 is 0. The van der Waals surface area contributed by atoms with Crippen molar-refractivity contribution >= 4 is 0 Å². The fourth-order valence-corrected chi connectivity index (χ4v) is 2.69. The van der Waals surface area contributed by atoms with Crippen LogP contribution in [0.4, 0.5) is 0 Å². The smallest absolute Gasteiger partial charge is 0.0235 e. The van der Waals surface area contributed by atoms with Gasteiger partial charge >= 0.3 is 0 Å². The van der Waals surface area contributed by atoms with E-state index >= 15 is 0 Å². The highest BCUT2D eigenvalue weighted by Gasteiger charge is 2.16. The Hall–Kier alpha value is -2.28. The molecular weight excluding hydrogens is 290 g/mol. The Morgan fingerprint density at radius 2 is 1.79 bits per heavy atom. The molecule has 1 aliphatic rings. The molecule has 1 nitrogen and oxygen atoms in total. The number of rotatable bonds is 6. The van der Waals surface area contributed by atoms with Gasteiger partial charge in [0, 0.05) is 11.6 Å². The van der Waals surface area contributed by atoms with Crippen molar-refractivity contribution in [1.82, 2.24) is 0 Å². The summed E-state index contributed by atoms with van der Waals surface area (Å²) in [7, 11) is 0. The first-order valence-electron chi connectivity index (χ1n) is 8.85. The van der Waals surface area contributed by atoms with Crippen LogP contribution in [0.15, 0.2) is 90.2 Å². The highest BCUT2D eigenvalue weighted by atomic mass is 14.6. The van der Waals surface area contributed by atoms with Crippen molar-refractivity contribution in [2.75, 3.05) is 0 Å². The zero-order valence-corrected chi connectivity index (χ0v) is 15.4. The van der Waals surface area contributed by atoms with E-state index in [0.29, 0.717) is 0 Å². The number of benzene rings is 1. The molecule has 0 spiro atoms. The van der Waals surface area contributed by atoms with Crippen LogP contribution in [0.1, 0.15) is 39.2 Å². The van der Waals surface area contributed by atoms with E-state index in [9.17, 15) is 0 Å². The van der Waals surface area contributed by atoms with Crippen LogP contribution in [0.5, 0.6) is 0 Å². The largest absolute Gasteiger partial charge is 0.402 e. The highest BCUT2D eigenvalue weighted by Crippen LogP contribution is 2.27. The molecule has 128 valence electrons. The maximum atomic E-state index is 6.09. The third-order valence-electron chi connectivity index (χ3n) is 4.14. The van der Waals surface area contributed by atoms with Gasteiger partial charge in [-0.25, -0.2) is 0 Å². The summed E-state index contributed by atoms with van der Waals surface area (Å²) in [4.78, 5) is 0. The van der Waals surface area contributed by atoms with E-state index in [1.807, 2.05) is 19.9 Å². The minimum atomic E-state index is 0.178. The molecule has 24 heavy (non-hydrogen) atoms. The van der Waals surface area contributed by atoms with E-state index in [1.54, 1.807) is 0 Å². The molecule has 0 saturated heterocycles. The molecule has 1 aromatic rings. The summed E-state index contributed by atoms with van der Waals surface area (Å²) < 4.78 is 0. The van der Waals surface area contributed by atoms with E-state index < -0.39 is 0 Å². The van der Waals surface area contributed by atoms with Gasteiger partial charge in [0.05, 0.1) is 0 Å². The Balaban J connectivity index is 0.00000139. The predicted molar refractivity (Wildman–Crippen MR) is 108 cm³/mol. The summed E-state index contributed by atoms with van der Waals surface area (Å²) in [6.07, 6.45) is 11.5. The molecule has 1 aliphatic carbocycles.